The lowest BCUT2D eigenvalue weighted by Gasteiger charge is -2.04. The molecule has 1 aromatic heterocycles. The number of nitrogens with one attached hydrogen (secondary N) is 1. The van der Waals surface area contributed by atoms with Crippen molar-refractivity contribution < 1.29 is 9.59 Å². The largest absolute Gasteiger partial charge is 0.352 e. The van der Waals surface area contributed by atoms with E-state index in [1.54, 1.807) is 24.3 Å². The Labute approximate surface area is 171 Å². The van der Waals surface area contributed by atoms with Gasteiger partial charge in [0.05, 0.1) is 17.9 Å². The number of Topliss-reactive ketones (excluding diaryl/α,β-unsaturated/α-hetero) is 1. The monoisotopic (exact) mass is 416 g/mol. The number of aromatic nitrogens is 1. The first-order valence-electron chi connectivity index (χ1n) is 8.27. The summed E-state index contributed by atoms with van der Waals surface area (Å²) in [6, 6.07) is 16.5. The second-order valence-electron chi connectivity index (χ2n) is 5.76. The van der Waals surface area contributed by atoms with Crippen LogP contribution >= 0.6 is 34.7 Å². The van der Waals surface area contributed by atoms with E-state index in [1.807, 2.05) is 35.7 Å². The fraction of sp³-hybridized carbons (Fsp3) is 0.150. The van der Waals surface area contributed by atoms with E-state index in [2.05, 4.69) is 10.3 Å². The molecule has 0 saturated carbocycles. The lowest BCUT2D eigenvalue weighted by Crippen LogP contribution is -2.24. The van der Waals surface area contributed by atoms with Crippen LogP contribution in [0, 0.1) is 0 Å². The molecule has 3 aromatic rings. The average molecular weight is 417 g/mol. The van der Waals surface area contributed by atoms with E-state index < -0.39 is 0 Å². The minimum absolute atomic E-state index is 0.0676. The molecule has 0 bridgehead atoms. The summed E-state index contributed by atoms with van der Waals surface area (Å²) >= 11 is 8.69. The van der Waals surface area contributed by atoms with Gasteiger partial charge < -0.3 is 5.32 Å². The molecule has 7 heteroatoms. The summed E-state index contributed by atoms with van der Waals surface area (Å²) in [5.74, 6) is 0.310. The number of carbonyl (C=O) groups excluding carboxylic acids is 2. The number of carbonyl (C=O) groups is 2. The van der Waals surface area contributed by atoms with Gasteiger partial charge in [0.2, 0.25) is 5.91 Å². The van der Waals surface area contributed by atoms with Gasteiger partial charge in [-0.05, 0) is 17.7 Å². The molecule has 0 unspecified atom stereocenters. The third-order valence-corrected chi connectivity index (χ3v) is 6.02. The lowest BCUT2D eigenvalue weighted by atomic mass is 10.2. The number of benzene rings is 2. The number of thioether (sulfide) groups is 1. The van der Waals surface area contributed by atoms with Crippen LogP contribution in [-0.4, -0.2) is 22.4 Å². The van der Waals surface area contributed by atoms with Crippen molar-refractivity contribution >= 4 is 46.4 Å². The Morgan fingerprint density at radius 1 is 1.07 bits per heavy atom. The van der Waals surface area contributed by atoms with Gasteiger partial charge in [0.15, 0.2) is 10.1 Å². The van der Waals surface area contributed by atoms with Crippen LogP contribution in [0.4, 0.5) is 0 Å². The standard InChI is InChI=1S/C20H17ClN2O2S2/c21-16-8-6-14(7-9-16)11-22-19(25)10-17-12-26-20(23-17)27-13-18(24)15-4-2-1-3-5-15/h1-9,12H,10-11,13H2,(H,22,25). The maximum absolute atomic E-state index is 12.1. The molecule has 0 aliphatic heterocycles. The van der Waals surface area contributed by atoms with Gasteiger partial charge in [-0.25, -0.2) is 4.98 Å². The lowest BCUT2D eigenvalue weighted by molar-refractivity contribution is -0.120. The Balaban J connectivity index is 1.45. The molecule has 3 rings (SSSR count). The minimum Gasteiger partial charge on any atom is -0.352 e. The topological polar surface area (TPSA) is 59.1 Å². The van der Waals surface area contributed by atoms with Crippen molar-refractivity contribution in [2.45, 2.75) is 17.3 Å². The summed E-state index contributed by atoms with van der Waals surface area (Å²) in [5, 5.41) is 5.40. The highest BCUT2D eigenvalue weighted by molar-refractivity contribution is 8.01. The molecule has 0 aliphatic rings. The van der Waals surface area contributed by atoms with E-state index in [0.717, 1.165) is 9.90 Å². The molecular formula is C20H17ClN2O2S2. The van der Waals surface area contributed by atoms with Gasteiger partial charge >= 0.3 is 0 Å². The van der Waals surface area contributed by atoms with Crippen LogP contribution < -0.4 is 5.32 Å². The van der Waals surface area contributed by atoms with Crippen LogP contribution in [0.25, 0.3) is 0 Å². The smallest absolute Gasteiger partial charge is 0.226 e. The molecule has 2 aromatic carbocycles. The van der Waals surface area contributed by atoms with Crippen LogP contribution in [0.5, 0.6) is 0 Å². The van der Waals surface area contributed by atoms with Crippen LogP contribution in [0.3, 0.4) is 0 Å². The molecule has 0 aliphatic carbocycles. The average Bonchev–Trinajstić information content (AvgIpc) is 3.13. The van der Waals surface area contributed by atoms with Gasteiger partial charge in [0, 0.05) is 22.5 Å². The number of hydrogen-bond acceptors (Lipinski definition) is 5. The molecule has 27 heavy (non-hydrogen) atoms. The predicted octanol–water partition coefficient (Wildman–Crippen LogP) is 4.63. The van der Waals surface area contributed by atoms with Crippen molar-refractivity contribution in [3.05, 3.63) is 81.8 Å². The van der Waals surface area contributed by atoms with Crippen molar-refractivity contribution in [1.82, 2.24) is 10.3 Å². The van der Waals surface area contributed by atoms with Gasteiger partial charge in [-0.1, -0.05) is 65.8 Å². The summed E-state index contributed by atoms with van der Waals surface area (Å²) < 4.78 is 0.791. The first-order chi connectivity index (χ1) is 13.1. The number of nitrogens with zero attached hydrogens (tertiary/aromatic N) is 1. The van der Waals surface area contributed by atoms with Gasteiger partial charge in [-0.3, -0.25) is 9.59 Å². The second-order valence-corrected chi connectivity index (χ2v) is 8.28. The van der Waals surface area contributed by atoms with Crippen LogP contribution in [0.2, 0.25) is 5.02 Å². The molecular weight excluding hydrogens is 400 g/mol. The maximum Gasteiger partial charge on any atom is 0.226 e. The normalized spacial score (nSPS) is 10.6. The molecule has 0 atom stereocenters. The van der Waals surface area contributed by atoms with Crippen LogP contribution in [0.15, 0.2) is 64.3 Å². The Morgan fingerprint density at radius 3 is 2.56 bits per heavy atom. The summed E-state index contributed by atoms with van der Waals surface area (Å²) in [6.45, 7) is 0.452. The van der Waals surface area contributed by atoms with E-state index in [4.69, 9.17) is 11.6 Å². The van der Waals surface area contributed by atoms with Crippen LogP contribution in [-0.2, 0) is 17.8 Å². The summed E-state index contributed by atoms with van der Waals surface area (Å²) in [6.07, 6.45) is 0.220. The Hall–Kier alpha value is -2.15. The van der Waals surface area contributed by atoms with Crippen molar-refractivity contribution in [3.63, 3.8) is 0 Å². The zero-order chi connectivity index (χ0) is 19.1. The molecule has 1 amide bonds. The number of halogens is 1. The van der Waals surface area contributed by atoms with Gasteiger partial charge in [-0.15, -0.1) is 11.3 Å². The molecule has 0 saturated heterocycles. The third kappa shape index (κ3) is 6.20. The Morgan fingerprint density at radius 2 is 1.81 bits per heavy atom. The first-order valence-corrected chi connectivity index (χ1v) is 10.5. The number of thiazole rings is 1. The number of rotatable bonds is 8. The number of hydrogen-bond donors (Lipinski definition) is 1. The maximum atomic E-state index is 12.1. The Kier molecular flexibility index (Phi) is 7.04. The molecule has 1 N–H and O–H groups in total. The van der Waals surface area contributed by atoms with E-state index >= 15 is 0 Å². The highest BCUT2D eigenvalue weighted by atomic mass is 35.5. The molecule has 1 heterocycles. The third-order valence-electron chi connectivity index (χ3n) is 3.70. The first kappa shape index (κ1) is 19.6. The number of ketones is 1. The fourth-order valence-electron chi connectivity index (χ4n) is 2.30. The predicted molar refractivity (Wildman–Crippen MR) is 111 cm³/mol. The van der Waals surface area contributed by atoms with Crippen molar-refractivity contribution in [2.24, 2.45) is 0 Å². The van der Waals surface area contributed by atoms with Crippen molar-refractivity contribution in [3.8, 4) is 0 Å². The van der Waals surface area contributed by atoms with E-state index in [9.17, 15) is 9.59 Å². The molecule has 138 valence electrons. The Bertz CT molecular complexity index is 911. The highest BCUT2D eigenvalue weighted by Gasteiger charge is 2.11. The molecule has 0 spiro atoms. The van der Waals surface area contributed by atoms with E-state index in [1.165, 1.54) is 23.1 Å². The highest BCUT2D eigenvalue weighted by Crippen LogP contribution is 2.23. The zero-order valence-corrected chi connectivity index (χ0v) is 16.7. The molecule has 4 nitrogen and oxygen atoms in total. The van der Waals surface area contributed by atoms with E-state index in [-0.39, 0.29) is 18.1 Å². The summed E-state index contributed by atoms with van der Waals surface area (Å²) in [4.78, 5) is 28.6. The summed E-state index contributed by atoms with van der Waals surface area (Å²) in [7, 11) is 0. The van der Waals surface area contributed by atoms with Crippen molar-refractivity contribution in [1.29, 1.82) is 0 Å². The van der Waals surface area contributed by atoms with Gasteiger partial charge in [0.1, 0.15) is 0 Å². The zero-order valence-electron chi connectivity index (χ0n) is 14.4. The quantitative estimate of drug-likeness (QED) is 0.429. The van der Waals surface area contributed by atoms with Crippen molar-refractivity contribution in [2.75, 3.05) is 5.75 Å². The minimum atomic E-state index is -0.0906. The SMILES string of the molecule is O=C(Cc1csc(SCC(=O)c2ccccc2)n1)NCc1ccc(Cl)cc1. The summed E-state index contributed by atoms with van der Waals surface area (Å²) in [5.41, 5.74) is 2.40. The van der Waals surface area contributed by atoms with Gasteiger partial charge in [0.25, 0.3) is 0 Å². The second kappa shape index (κ2) is 9.69. The van der Waals surface area contributed by atoms with Gasteiger partial charge in [-0.2, -0.15) is 0 Å². The van der Waals surface area contributed by atoms with Crippen LogP contribution in [0.1, 0.15) is 21.6 Å². The van der Waals surface area contributed by atoms with E-state index in [0.29, 0.717) is 28.6 Å². The molecule has 0 radical (unpaired) electrons. The number of amides is 1. The molecule has 0 fully saturated rings. The fourth-order valence-corrected chi connectivity index (χ4v) is 4.17.